The molecule has 0 bridgehead atoms. The molecule has 1 aromatic carbocycles. The zero-order valence-electron chi connectivity index (χ0n) is 12.1. The second kappa shape index (κ2) is 6.13. The van der Waals surface area contributed by atoms with Gasteiger partial charge in [0.1, 0.15) is 11.6 Å². The first kappa shape index (κ1) is 15.1. The SMILES string of the molecule is CC1CCC(n2c(CCCl)nc3cc(F)c(Cl)cc32)CC1. The first-order valence-electron chi connectivity index (χ1n) is 7.52. The number of aromatic nitrogens is 2. The van der Waals surface area contributed by atoms with Crippen LogP contribution >= 0.6 is 23.2 Å². The van der Waals surface area contributed by atoms with Gasteiger partial charge in [-0.25, -0.2) is 9.37 Å². The Bertz CT molecular complexity index is 645. The van der Waals surface area contributed by atoms with Crippen molar-refractivity contribution in [1.29, 1.82) is 0 Å². The number of hydrogen-bond acceptors (Lipinski definition) is 1. The van der Waals surface area contributed by atoms with Gasteiger partial charge in [0.2, 0.25) is 0 Å². The van der Waals surface area contributed by atoms with Crippen molar-refractivity contribution in [1.82, 2.24) is 9.55 Å². The van der Waals surface area contributed by atoms with E-state index < -0.39 is 5.82 Å². The summed E-state index contributed by atoms with van der Waals surface area (Å²) in [4.78, 5) is 4.58. The van der Waals surface area contributed by atoms with E-state index in [2.05, 4.69) is 16.5 Å². The Morgan fingerprint density at radius 2 is 2.00 bits per heavy atom. The molecule has 114 valence electrons. The first-order valence-corrected chi connectivity index (χ1v) is 8.43. The average Bonchev–Trinajstić information content (AvgIpc) is 2.78. The Balaban J connectivity index is 2.09. The lowest BCUT2D eigenvalue weighted by Crippen LogP contribution is -2.19. The van der Waals surface area contributed by atoms with E-state index in [1.165, 1.54) is 18.9 Å². The summed E-state index contributed by atoms with van der Waals surface area (Å²) in [5, 5.41) is 0.158. The lowest BCUT2D eigenvalue weighted by Gasteiger charge is -2.29. The van der Waals surface area contributed by atoms with E-state index in [1.807, 2.05) is 0 Å². The molecule has 0 spiro atoms. The number of imidazole rings is 1. The second-order valence-corrected chi connectivity index (χ2v) is 6.79. The summed E-state index contributed by atoms with van der Waals surface area (Å²) in [5.41, 5.74) is 1.61. The number of benzene rings is 1. The van der Waals surface area contributed by atoms with Crippen molar-refractivity contribution < 1.29 is 4.39 Å². The van der Waals surface area contributed by atoms with Crippen LogP contribution in [0.2, 0.25) is 5.02 Å². The Morgan fingerprint density at radius 1 is 1.29 bits per heavy atom. The zero-order chi connectivity index (χ0) is 15.0. The minimum atomic E-state index is -0.413. The molecule has 0 amide bonds. The molecule has 1 fully saturated rings. The fraction of sp³-hybridized carbons (Fsp3) is 0.562. The van der Waals surface area contributed by atoms with Crippen LogP contribution in [-0.2, 0) is 6.42 Å². The van der Waals surface area contributed by atoms with Crippen molar-refractivity contribution in [2.75, 3.05) is 5.88 Å². The van der Waals surface area contributed by atoms with Crippen molar-refractivity contribution in [3.05, 3.63) is 28.8 Å². The lowest BCUT2D eigenvalue weighted by molar-refractivity contribution is 0.290. The maximum atomic E-state index is 13.7. The normalized spacial score (nSPS) is 22.9. The molecule has 1 saturated carbocycles. The molecule has 0 saturated heterocycles. The number of rotatable bonds is 3. The largest absolute Gasteiger partial charge is 0.325 e. The monoisotopic (exact) mass is 328 g/mol. The van der Waals surface area contributed by atoms with Gasteiger partial charge in [0, 0.05) is 24.4 Å². The molecule has 0 unspecified atom stereocenters. The van der Waals surface area contributed by atoms with Crippen LogP contribution in [0.3, 0.4) is 0 Å². The minimum absolute atomic E-state index is 0.158. The van der Waals surface area contributed by atoms with Crippen molar-refractivity contribution in [3.63, 3.8) is 0 Å². The van der Waals surface area contributed by atoms with Gasteiger partial charge in [-0.1, -0.05) is 18.5 Å². The highest BCUT2D eigenvalue weighted by Crippen LogP contribution is 2.36. The highest BCUT2D eigenvalue weighted by molar-refractivity contribution is 6.31. The number of fused-ring (bicyclic) bond motifs is 1. The summed E-state index contributed by atoms with van der Waals surface area (Å²) < 4.78 is 15.9. The maximum absolute atomic E-state index is 13.7. The van der Waals surface area contributed by atoms with Crippen LogP contribution in [-0.4, -0.2) is 15.4 Å². The molecule has 0 aliphatic heterocycles. The Morgan fingerprint density at radius 3 is 2.67 bits per heavy atom. The van der Waals surface area contributed by atoms with Crippen LogP contribution in [0.4, 0.5) is 4.39 Å². The molecule has 3 rings (SSSR count). The van der Waals surface area contributed by atoms with Crippen molar-refractivity contribution in [2.24, 2.45) is 5.92 Å². The van der Waals surface area contributed by atoms with E-state index in [0.717, 1.165) is 30.1 Å². The summed E-state index contributed by atoms with van der Waals surface area (Å²) in [7, 11) is 0. The molecule has 5 heteroatoms. The van der Waals surface area contributed by atoms with Gasteiger partial charge < -0.3 is 4.57 Å². The van der Waals surface area contributed by atoms with Gasteiger partial charge >= 0.3 is 0 Å². The number of halogens is 3. The Hall–Kier alpha value is -0.800. The second-order valence-electron chi connectivity index (χ2n) is 6.01. The third-order valence-corrected chi connectivity index (χ3v) is 4.95. The van der Waals surface area contributed by atoms with Crippen molar-refractivity contribution in [2.45, 2.75) is 45.1 Å². The lowest BCUT2D eigenvalue weighted by atomic mass is 9.87. The van der Waals surface area contributed by atoms with Crippen LogP contribution in [0.1, 0.15) is 44.5 Å². The van der Waals surface area contributed by atoms with E-state index in [-0.39, 0.29) is 5.02 Å². The van der Waals surface area contributed by atoms with Crippen LogP contribution in [0.15, 0.2) is 12.1 Å². The molecule has 1 aliphatic rings. The number of aryl methyl sites for hydroxylation is 1. The smallest absolute Gasteiger partial charge is 0.144 e. The molecule has 2 aromatic rings. The first-order chi connectivity index (χ1) is 10.1. The van der Waals surface area contributed by atoms with Gasteiger partial charge in [-0.2, -0.15) is 0 Å². The van der Waals surface area contributed by atoms with Crippen molar-refractivity contribution >= 4 is 34.2 Å². The van der Waals surface area contributed by atoms with E-state index in [0.29, 0.717) is 23.9 Å². The standard InChI is InChI=1S/C16H19Cl2FN2/c1-10-2-4-11(5-3-10)21-15-8-12(18)13(19)9-14(15)20-16(21)6-7-17/h8-11H,2-7H2,1H3. The number of alkyl halides is 1. The van der Waals surface area contributed by atoms with Gasteiger partial charge in [0.15, 0.2) is 0 Å². The summed E-state index contributed by atoms with van der Waals surface area (Å²) >= 11 is 11.9. The number of hydrogen-bond donors (Lipinski definition) is 0. The molecule has 0 N–H and O–H groups in total. The van der Waals surface area contributed by atoms with Gasteiger partial charge in [-0.15, -0.1) is 11.6 Å². The van der Waals surface area contributed by atoms with Crippen molar-refractivity contribution in [3.8, 4) is 0 Å². The predicted molar refractivity (Wildman–Crippen MR) is 85.8 cm³/mol. The summed E-state index contributed by atoms with van der Waals surface area (Å²) in [5.74, 6) is 1.83. The van der Waals surface area contributed by atoms with Crippen LogP contribution < -0.4 is 0 Å². The molecule has 1 aromatic heterocycles. The third kappa shape index (κ3) is 2.91. The summed E-state index contributed by atoms with van der Waals surface area (Å²) in [6.45, 7) is 2.30. The minimum Gasteiger partial charge on any atom is -0.325 e. The fourth-order valence-electron chi connectivity index (χ4n) is 3.31. The van der Waals surface area contributed by atoms with Crippen LogP contribution in [0, 0.1) is 11.7 Å². The van der Waals surface area contributed by atoms with E-state index in [1.54, 1.807) is 6.07 Å². The molecular formula is C16H19Cl2FN2. The molecule has 1 aliphatic carbocycles. The predicted octanol–water partition coefficient (Wildman–Crippen LogP) is 5.36. The zero-order valence-corrected chi connectivity index (χ0v) is 13.6. The molecular weight excluding hydrogens is 310 g/mol. The molecule has 0 atom stereocenters. The molecule has 1 heterocycles. The average molecular weight is 329 g/mol. The summed E-state index contributed by atoms with van der Waals surface area (Å²) in [6.07, 6.45) is 5.41. The Kier molecular flexibility index (Phi) is 4.41. The third-order valence-electron chi connectivity index (χ3n) is 4.47. The van der Waals surface area contributed by atoms with Crippen LogP contribution in [0.5, 0.6) is 0 Å². The summed E-state index contributed by atoms with van der Waals surface area (Å²) in [6, 6.07) is 3.55. The Labute approximate surface area is 134 Å². The van der Waals surface area contributed by atoms with E-state index in [9.17, 15) is 4.39 Å². The van der Waals surface area contributed by atoms with E-state index in [4.69, 9.17) is 23.2 Å². The molecule has 0 radical (unpaired) electrons. The van der Waals surface area contributed by atoms with E-state index >= 15 is 0 Å². The fourth-order valence-corrected chi connectivity index (χ4v) is 3.64. The van der Waals surface area contributed by atoms with Gasteiger partial charge in [-0.05, 0) is 37.7 Å². The maximum Gasteiger partial charge on any atom is 0.144 e. The van der Waals surface area contributed by atoms with Crippen LogP contribution in [0.25, 0.3) is 11.0 Å². The van der Waals surface area contributed by atoms with Gasteiger partial charge in [0.25, 0.3) is 0 Å². The quantitative estimate of drug-likeness (QED) is 0.693. The molecule has 2 nitrogen and oxygen atoms in total. The highest BCUT2D eigenvalue weighted by atomic mass is 35.5. The van der Waals surface area contributed by atoms with Gasteiger partial charge in [0.05, 0.1) is 16.1 Å². The number of nitrogens with zero attached hydrogens (tertiary/aromatic N) is 2. The highest BCUT2D eigenvalue weighted by Gasteiger charge is 2.24. The topological polar surface area (TPSA) is 17.8 Å². The van der Waals surface area contributed by atoms with Gasteiger partial charge in [-0.3, -0.25) is 0 Å². The molecule has 21 heavy (non-hydrogen) atoms.